The van der Waals surface area contributed by atoms with Crippen molar-refractivity contribution in [3.63, 3.8) is 0 Å². The Morgan fingerprint density at radius 2 is 2.12 bits per heavy atom. The zero-order valence-electron chi connectivity index (χ0n) is 19.7. The van der Waals surface area contributed by atoms with Crippen LogP contribution in [0.4, 0.5) is 10.2 Å². The highest BCUT2D eigenvalue weighted by Gasteiger charge is 2.29. The SMILES string of the molecule is CN/C=C1/Cc2c(c(CC3CC3)nn2C)-c2cnc(N)c(c2)OC(C)c2cc(F)ccc2C1=N. The number of allylic oxidation sites excluding steroid dienone is 1. The van der Waals surface area contributed by atoms with Crippen LogP contribution in [0.3, 0.4) is 0 Å². The second-order valence-corrected chi connectivity index (χ2v) is 9.15. The molecule has 1 saturated carbocycles. The minimum absolute atomic E-state index is 0.269. The van der Waals surface area contributed by atoms with Gasteiger partial charge in [-0.05, 0) is 61.9 Å². The van der Waals surface area contributed by atoms with E-state index in [1.54, 1.807) is 12.3 Å². The van der Waals surface area contributed by atoms with Crippen molar-refractivity contribution in [3.8, 4) is 16.9 Å². The standard InChI is InChI=1S/C26H29FN6O/c1-14-20-11-18(27)6-7-19(20)25(28)17(12-30-2)9-22-24(16-10-23(34-14)26(29)31-13-16)21(32-33(22)3)8-15-4-5-15/h6-7,10-15,28,30H,4-5,8-9H2,1-3H3,(H2,29,31)/b17-12-,28-25?. The molecule has 1 fully saturated rings. The molecule has 0 amide bonds. The second-order valence-electron chi connectivity index (χ2n) is 9.15. The van der Waals surface area contributed by atoms with Gasteiger partial charge in [-0.1, -0.05) is 0 Å². The first-order chi connectivity index (χ1) is 16.4. The van der Waals surface area contributed by atoms with Gasteiger partial charge in [0.05, 0.1) is 17.1 Å². The van der Waals surface area contributed by atoms with Crippen molar-refractivity contribution in [1.82, 2.24) is 20.1 Å². The summed E-state index contributed by atoms with van der Waals surface area (Å²) in [4.78, 5) is 4.42. The summed E-state index contributed by atoms with van der Waals surface area (Å²) in [5.41, 5.74) is 12.4. The molecule has 2 bridgehead atoms. The predicted octanol–water partition coefficient (Wildman–Crippen LogP) is 4.32. The molecule has 1 aromatic carbocycles. The number of nitrogens with one attached hydrogen (secondary N) is 2. The zero-order chi connectivity index (χ0) is 24.0. The van der Waals surface area contributed by atoms with Crippen LogP contribution in [0.15, 0.2) is 42.2 Å². The fraction of sp³-hybridized carbons (Fsp3) is 0.346. The Morgan fingerprint density at radius 1 is 1.32 bits per heavy atom. The Bertz CT molecular complexity index is 1310. The number of pyridine rings is 1. The average molecular weight is 461 g/mol. The van der Waals surface area contributed by atoms with E-state index in [9.17, 15) is 4.39 Å². The van der Waals surface area contributed by atoms with E-state index in [4.69, 9.17) is 21.0 Å². The Morgan fingerprint density at radius 3 is 2.85 bits per heavy atom. The van der Waals surface area contributed by atoms with E-state index in [0.717, 1.165) is 34.5 Å². The quantitative estimate of drug-likeness (QED) is 0.540. The molecule has 4 N–H and O–H groups in total. The maximum Gasteiger partial charge on any atom is 0.166 e. The number of nitrogen functional groups attached to an aromatic ring is 1. The van der Waals surface area contributed by atoms with Crippen LogP contribution in [0, 0.1) is 17.1 Å². The van der Waals surface area contributed by atoms with Gasteiger partial charge in [-0.15, -0.1) is 0 Å². The lowest BCUT2D eigenvalue weighted by atomic mass is 9.90. The third kappa shape index (κ3) is 4.04. The van der Waals surface area contributed by atoms with E-state index in [1.165, 1.54) is 25.0 Å². The van der Waals surface area contributed by atoms with E-state index >= 15 is 0 Å². The van der Waals surface area contributed by atoms with Crippen molar-refractivity contribution in [1.29, 1.82) is 5.41 Å². The molecule has 0 saturated heterocycles. The summed E-state index contributed by atoms with van der Waals surface area (Å²) in [7, 11) is 3.75. The molecule has 1 unspecified atom stereocenters. The van der Waals surface area contributed by atoms with Crippen LogP contribution in [-0.4, -0.2) is 27.5 Å². The molecule has 7 nitrogen and oxygen atoms in total. The van der Waals surface area contributed by atoms with Crippen molar-refractivity contribution in [3.05, 3.63) is 70.6 Å². The van der Waals surface area contributed by atoms with Crippen LogP contribution in [0.2, 0.25) is 0 Å². The van der Waals surface area contributed by atoms with Gasteiger partial charge >= 0.3 is 0 Å². The number of nitrogens with zero attached hydrogens (tertiary/aromatic N) is 3. The van der Waals surface area contributed by atoms with Gasteiger partial charge < -0.3 is 15.8 Å². The Kier molecular flexibility index (Phi) is 5.59. The molecular weight excluding hydrogens is 431 g/mol. The van der Waals surface area contributed by atoms with Gasteiger partial charge in [0, 0.05) is 55.2 Å². The largest absolute Gasteiger partial charge is 0.482 e. The van der Waals surface area contributed by atoms with Crippen LogP contribution < -0.4 is 15.8 Å². The number of halogens is 1. The molecule has 5 rings (SSSR count). The Hall–Kier alpha value is -3.68. The summed E-state index contributed by atoms with van der Waals surface area (Å²) < 4.78 is 22.4. The number of rotatable bonds is 3. The fourth-order valence-corrected chi connectivity index (χ4v) is 4.67. The predicted molar refractivity (Wildman–Crippen MR) is 130 cm³/mol. The summed E-state index contributed by atoms with van der Waals surface area (Å²) in [6.45, 7) is 1.83. The molecule has 3 heterocycles. The number of aryl methyl sites for hydroxylation is 1. The first-order valence-electron chi connectivity index (χ1n) is 11.6. The summed E-state index contributed by atoms with van der Waals surface area (Å²) in [6, 6.07) is 6.35. The lowest BCUT2D eigenvalue weighted by Gasteiger charge is -2.22. The molecule has 1 aliphatic heterocycles. The number of fused-ring (bicyclic) bond motifs is 5. The van der Waals surface area contributed by atoms with Crippen LogP contribution in [0.25, 0.3) is 11.1 Å². The number of ether oxygens (including phenoxy) is 1. The maximum atomic E-state index is 14.3. The van der Waals surface area contributed by atoms with Crippen LogP contribution in [0.1, 0.15) is 48.4 Å². The highest BCUT2D eigenvalue weighted by Crippen LogP contribution is 2.40. The number of benzene rings is 1. The molecule has 8 heteroatoms. The van der Waals surface area contributed by atoms with Gasteiger partial charge in [0.1, 0.15) is 11.9 Å². The average Bonchev–Trinajstić information content (AvgIpc) is 3.57. The molecule has 1 aliphatic carbocycles. The highest BCUT2D eigenvalue weighted by atomic mass is 19.1. The lowest BCUT2D eigenvalue weighted by Crippen LogP contribution is -2.17. The second kappa shape index (κ2) is 8.59. The third-order valence-electron chi connectivity index (χ3n) is 6.61. The smallest absolute Gasteiger partial charge is 0.166 e. The van der Waals surface area contributed by atoms with Crippen molar-refractivity contribution in [2.45, 2.75) is 38.7 Å². The molecule has 0 radical (unpaired) electrons. The van der Waals surface area contributed by atoms with E-state index < -0.39 is 6.10 Å². The normalized spacial score (nSPS) is 19.0. The zero-order valence-corrected chi connectivity index (χ0v) is 19.7. The van der Waals surface area contributed by atoms with E-state index in [0.29, 0.717) is 34.9 Å². The van der Waals surface area contributed by atoms with Gasteiger partial charge in [-0.3, -0.25) is 10.1 Å². The van der Waals surface area contributed by atoms with Crippen molar-refractivity contribution < 1.29 is 9.13 Å². The molecular formula is C26H29FN6O. The van der Waals surface area contributed by atoms with Crippen LogP contribution >= 0.6 is 0 Å². The maximum absolute atomic E-state index is 14.3. The molecule has 2 aliphatic rings. The van der Waals surface area contributed by atoms with Crippen molar-refractivity contribution >= 4 is 11.5 Å². The minimum Gasteiger partial charge on any atom is -0.482 e. The van der Waals surface area contributed by atoms with Crippen molar-refractivity contribution in [2.24, 2.45) is 13.0 Å². The minimum atomic E-state index is -0.542. The monoisotopic (exact) mass is 460 g/mol. The Labute approximate surface area is 198 Å². The summed E-state index contributed by atoms with van der Waals surface area (Å²) in [5.74, 6) is 0.980. The van der Waals surface area contributed by atoms with Crippen molar-refractivity contribution in [2.75, 3.05) is 12.8 Å². The van der Waals surface area contributed by atoms with Gasteiger partial charge in [0.25, 0.3) is 0 Å². The molecule has 1 atom stereocenters. The number of anilines is 1. The fourth-order valence-electron chi connectivity index (χ4n) is 4.67. The molecule has 2 aromatic heterocycles. The van der Waals surface area contributed by atoms with E-state index in [-0.39, 0.29) is 11.6 Å². The van der Waals surface area contributed by atoms with Gasteiger partial charge in [-0.2, -0.15) is 5.10 Å². The van der Waals surface area contributed by atoms with Crippen LogP contribution in [-0.2, 0) is 19.9 Å². The first-order valence-corrected chi connectivity index (χ1v) is 11.6. The van der Waals surface area contributed by atoms with Gasteiger partial charge in [0.15, 0.2) is 11.6 Å². The third-order valence-corrected chi connectivity index (χ3v) is 6.61. The number of hydrogen-bond acceptors (Lipinski definition) is 6. The molecule has 176 valence electrons. The number of hydrogen-bond donors (Lipinski definition) is 3. The van der Waals surface area contributed by atoms with Crippen LogP contribution in [0.5, 0.6) is 5.75 Å². The molecule has 3 aromatic rings. The number of nitrogens with two attached hydrogens (primary N) is 1. The topological polar surface area (TPSA) is 102 Å². The molecule has 34 heavy (non-hydrogen) atoms. The summed E-state index contributed by atoms with van der Waals surface area (Å²) >= 11 is 0. The highest BCUT2D eigenvalue weighted by molar-refractivity contribution is 6.11. The number of aromatic nitrogens is 3. The summed E-state index contributed by atoms with van der Waals surface area (Å²) in [5, 5.41) is 17.0. The summed E-state index contributed by atoms with van der Waals surface area (Å²) in [6.07, 6.45) is 6.88. The first kappa shape index (κ1) is 22.1. The Balaban J connectivity index is 1.75. The lowest BCUT2D eigenvalue weighted by molar-refractivity contribution is 0.227. The van der Waals surface area contributed by atoms with Gasteiger partial charge in [-0.25, -0.2) is 9.37 Å². The van der Waals surface area contributed by atoms with E-state index in [1.807, 2.05) is 38.0 Å². The van der Waals surface area contributed by atoms with E-state index in [2.05, 4.69) is 10.3 Å². The molecule has 0 spiro atoms. The van der Waals surface area contributed by atoms with Gasteiger partial charge in [0.2, 0.25) is 0 Å².